The molecule has 0 aliphatic carbocycles. The molecule has 2 atom stereocenters. The number of hydrogen-bond acceptors (Lipinski definition) is 7. The summed E-state index contributed by atoms with van der Waals surface area (Å²) in [6, 6.07) is 4.77. The Balaban J connectivity index is 1.43. The molecule has 0 radical (unpaired) electrons. The fourth-order valence-electron chi connectivity index (χ4n) is 4.04. The van der Waals surface area contributed by atoms with Crippen LogP contribution in [0.15, 0.2) is 18.2 Å². The van der Waals surface area contributed by atoms with Gasteiger partial charge in [0.15, 0.2) is 0 Å². The zero-order chi connectivity index (χ0) is 20.4. The van der Waals surface area contributed by atoms with Gasteiger partial charge in [-0.05, 0) is 31.0 Å². The first kappa shape index (κ1) is 20.1. The largest absolute Gasteiger partial charge is 0.313 e. The topological polar surface area (TPSA) is 108 Å². The van der Waals surface area contributed by atoms with Gasteiger partial charge in [-0.3, -0.25) is 29.4 Å². The molecule has 0 bridgehead atoms. The molecule has 3 aliphatic heterocycles. The monoisotopic (exact) mass is 416 g/mol. The summed E-state index contributed by atoms with van der Waals surface area (Å²) in [5.74, 6) is 0.370. The molecule has 0 spiro atoms. The van der Waals surface area contributed by atoms with Crippen molar-refractivity contribution in [2.24, 2.45) is 0 Å². The lowest BCUT2D eigenvalue weighted by Crippen LogP contribution is -2.54. The number of thioether (sulfide) groups is 1. The Morgan fingerprint density at radius 1 is 1.17 bits per heavy atom. The summed E-state index contributed by atoms with van der Waals surface area (Å²) in [5.41, 5.74) is 1.44. The van der Waals surface area contributed by atoms with Crippen molar-refractivity contribution < 1.29 is 19.2 Å². The van der Waals surface area contributed by atoms with Crippen LogP contribution >= 0.6 is 11.8 Å². The molecule has 29 heavy (non-hydrogen) atoms. The summed E-state index contributed by atoms with van der Waals surface area (Å²) in [5, 5.41) is 9.08. The molecule has 2 saturated heterocycles. The second-order valence-corrected chi connectivity index (χ2v) is 8.63. The molecule has 2 fully saturated rings. The fraction of sp³-hybridized carbons (Fsp3) is 0.500. The van der Waals surface area contributed by atoms with E-state index in [1.165, 1.54) is 0 Å². The number of fused-ring (bicyclic) bond motifs is 1. The normalized spacial score (nSPS) is 24.6. The van der Waals surface area contributed by atoms with Crippen LogP contribution in [-0.4, -0.2) is 65.2 Å². The first-order valence-corrected chi connectivity index (χ1v) is 11.1. The van der Waals surface area contributed by atoms with Gasteiger partial charge in [-0.1, -0.05) is 12.1 Å². The first-order valence-electron chi connectivity index (χ1n) is 9.91. The van der Waals surface area contributed by atoms with E-state index in [4.69, 9.17) is 0 Å². The maximum Gasteiger partial charge on any atom is 0.262 e. The minimum absolute atomic E-state index is 0.117. The minimum atomic E-state index is -0.934. The van der Waals surface area contributed by atoms with Crippen LogP contribution in [0.5, 0.6) is 0 Å². The third-order valence-corrected chi connectivity index (χ3v) is 6.67. The van der Waals surface area contributed by atoms with Gasteiger partial charge in [-0.15, -0.1) is 0 Å². The Kier molecular flexibility index (Phi) is 5.98. The highest BCUT2D eigenvalue weighted by Gasteiger charge is 2.45. The van der Waals surface area contributed by atoms with Crippen molar-refractivity contribution >= 4 is 35.4 Å². The summed E-state index contributed by atoms with van der Waals surface area (Å²) in [6.45, 7) is 2.32. The number of amides is 4. The zero-order valence-electron chi connectivity index (χ0n) is 16.0. The Hall–Kier alpha value is -2.23. The third kappa shape index (κ3) is 4.08. The molecule has 2 unspecified atom stereocenters. The average molecular weight is 417 g/mol. The van der Waals surface area contributed by atoms with Gasteiger partial charge in [0.1, 0.15) is 6.04 Å². The molecular weight excluding hydrogens is 392 g/mol. The Bertz CT molecular complexity index is 853. The van der Waals surface area contributed by atoms with Crippen LogP contribution in [0.25, 0.3) is 0 Å². The summed E-state index contributed by atoms with van der Waals surface area (Å²) in [7, 11) is 0. The predicted octanol–water partition coefficient (Wildman–Crippen LogP) is 0.273. The lowest BCUT2D eigenvalue weighted by atomic mass is 10.0. The van der Waals surface area contributed by atoms with E-state index in [2.05, 4.69) is 16.0 Å². The van der Waals surface area contributed by atoms with Gasteiger partial charge in [0.2, 0.25) is 11.8 Å². The molecule has 3 aliphatic rings. The molecule has 1 aromatic rings. The minimum Gasteiger partial charge on any atom is -0.313 e. The molecule has 0 saturated carbocycles. The number of piperidine rings is 1. The summed E-state index contributed by atoms with van der Waals surface area (Å²) < 4.78 is 0. The highest BCUT2D eigenvalue weighted by atomic mass is 32.2. The summed E-state index contributed by atoms with van der Waals surface area (Å²) in [6.07, 6.45) is 1.28. The Morgan fingerprint density at radius 3 is 2.79 bits per heavy atom. The SMILES string of the molecule is O=C1CCC(N2C(=O)c3cccc(CNCCC4CSCCN4)c3C2=O)C(=O)N1. The van der Waals surface area contributed by atoms with E-state index in [-0.39, 0.29) is 18.7 Å². The van der Waals surface area contributed by atoms with Gasteiger partial charge < -0.3 is 10.6 Å². The zero-order valence-corrected chi connectivity index (χ0v) is 16.8. The van der Waals surface area contributed by atoms with Gasteiger partial charge in [-0.2, -0.15) is 11.8 Å². The molecule has 3 N–H and O–H groups in total. The van der Waals surface area contributed by atoms with E-state index in [1.807, 2.05) is 17.8 Å². The van der Waals surface area contributed by atoms with Crippen molar-refractivity contribution in [1.29, 1.82) is 0 Å². The fourth-order valence-corrected chi connectivity index (χ4v) is 5.03. The summed E-state index contributed by atoms with van der Waals surface area (Å²) >= 11 is 1.96. The smallest absolute Gasteiger partial charge is 0.262 e. The highest BCUT2D eigenvalue weighted by molar-refractivity contribution is 7.99. The quantitative estimate of drug-likeness (QED) is 0.451. The van der Waals surface area contributed by atoms with Crippen molar-refractivity contribution in [3.8, 4) is 0 Å². The van der Waals surface area contributed by atoms with E-state index in [0.29, 0.717) is 23.7 Å². The maximum absolute atomic E-state index is 13.0. The van der Waals surface area contributed by atoms with Crippen molar-refractivity contribution in [1.82, 2.24) is 20.9 Å². The predicted molar refractivity (Wildman–Crippen MR) is 109 cm³/mol. The molecule has 9 heteroatoms. The lowest BCUT2D eigenvalue weighted by Gasteiger charge is -2.27. The molecule has 4 amide bonds. The van der Waals surface area contributed by atoms with Crippen LogP contribution in [0.4, 0.5) is 0 Å². The van der Waals surface area contributed by atoms with Gasteiger partial charge in [0.25, 0.3) is 11.8 Å². The first-order chi connectivity index (χ1) is 14.1. The van der Waals surface area contributed by atoms with Gasteiger partial charge in [0.05, 0.1) is 11.1 Å². The van der Waals surface area contributed by atoms with Gasteiger partial charge in [-0.25, -0.2) is 0 Å². The van der Waals surface area contributed by atoms with Crippen molar-refractivity contribution in [2.75, 3.05) is 24.6 Å². The Morgan fingerprint density at radius 2 is 2.03 bits per heavy atom. The van der Waals surface area contributed by atoms with Crippen molar-refractivity contribution in [2.45, 2.75) is 37.9 Å². The van der Waals surface area contributed by atoms with Crippen molar-refractivity contribution in [3.63, 3.8) is 0 Å². The molecule has 154 valence electrons. The van der Waals surface area contributed by atoms with Gasteiger partial charge in [0, 0.05) is 37.1 Å². The number of nitrogens with zero attached hydrogens (tertiary/aromatic N) is 1. The standard InChI is InChI=1S/C20H24N4O4S/c25-16-5-4-15(18(26)23-16)24-19(27)14-3-1-2-12(17(14)20(24)28)10-21-7-6-13-11-29-9-8-22-13/h1-3,13,15,21-22H,4-11H2,(H,23,25,26). The molecule has 3 heterocycles. The van der Waals surface area contributed by atoms with Crippen LogP contribution in [-0.2, 0) is 16.1 Å². The number of hydrogen-bond donors (Lipinski definition) is 3. The van der Waals surface area contributed by atoms with Crippen LogP contribution in [0.1, 0.15) is 45.5 Å². The second kappa shape index (κ2) is 8.64. The number of carbonyl (C=O) groups excluding carboxylic acids is 4. The molecule has 4 rings (SSSR count). The van der Waals surface area contributed by atoms with E-state index < -0.39 is 23.8 Å². The molecule has 0 aromatic heterocycles. The Labute approximate surface area is 173 Å². The van der Waals surface area contributed by atoms with Crippen LogP contribution in [0.2, 0.25) is 0 Å². The van der Waals surface area contributed by atoms with E-state index >= 15 is 0 Å². The molecule has 1 aromatic carbocycles. The average Bonchev–Trinajstić information content (AvgIpc) is 2.98. The van der Waals surface area contributed by atoms with E-state index in [1.54, 1.807) is 12.1 Å². The third-order valence-electron chi connectivity index (χ3n) is 5.54. The van der Waals surface area contributed by atoms with E-state index in [9.17, 15) is 19.2 Å². The van der Waals surface area contributed by atoms with Crippen LogP contribution in [0.3, 0.4) is 0 Å². The number of benzene rings is 1. The second-order valence-electron chi connectivity index (χ2n) is 7.48. The van der Waals surface area contributed by atoms with E-state index in [0.717, 1.165) is 41.5 Å². The molecular formula is C20H24N4O4S. The number of rotatable bonds is 6. The van der Waals surface area contributed by atoms with Crippen LogP contribution < -0.4 is 16.0 Å². The van der Waals surface area contributed by atoms with Gasteiger partial charge >= 0.3 is 0 Å². The lowest BCUT2D eigenvalue weighted by molar-refractivity contribution is -0.136. The number of carbonyl (C=O) groups is 4. The molecule has 8 nitrogen and oxygen atoms in total. The van der Waals surface area contributed by atoms with Crippen LogP contribution in [0, 0.1) is 0 Å². The van der Waals surface area contributed by atoms with Crippen molar-refractivity contribution in [3.05, 3.63) is 34.9 Å². The number of imide groups is 2. The number of nitrogens with one attached hydrogen (secondary N) is 3. The maximum atomic E-state index is 13.0. The summed E-state index contributed by atoms with van der Waals surface area (Å²) in [4.78, 5) is 50.5. The highest BCUT2D eigenvalue weighted by Crippen LogP contribution is 2.29.